The van der Waals surface area contributed by atoms with E-state index in [4.69, 9.17) is 15.2 Å². The van der Waals surface area contributed by atoms with Crippen molar-refractivity contribution in [2.45, 2.75) is 26.3 Å². The number of aryl methyl sites for hydroxylation is 1. The van der Waals surface area contributed by atoms with E-state index in [1.54, 1.807) is 11.3 Å². The molecule has 6 heteroatoms. The first-order chi connectivity index (χ1) is 10.2. The van der Waals surface area contributed by atoms with Crippen LogP contribution >= 0.6 is 11.3 Å². The number of nitrogens with zero attached hydrogens (tertiary/aromatic N) is 1. The average Bonchev–Trinajstić information content (AvgIpc) is 2.97. The van der Waals surface area contributed by atoms with Crippen molar-refractivity contribution in [3.05, 3.63) is 28.2 Å². The molecule has 5 nitrogen and oxygen atoms in total. The Morgan fingerprint density at radius 3 is 2.71 bits per heavy atom. The normalized spacial score (nSPS) is 14.8. The summed E-state index contributed by atoms with van der Waals surface area (Å²) in [7, 11) is 0. The molecule has 1 aromatic heterocycles. The fourth-order valence-corrected chi connectivity index (χ4v) is 3.07. The first kappa shape index (κ1) is 14.0. The van der Waals surface area contributed by atoms with Crippen molar-refractivity contribution in [1.29, 1.82) is 0 Å². The van der Waals surface area contributed by atoms with E-state index in [1.165, 1.54) is 4.88 Å². The quantitative estimate of drug-likeness (QED) is 0.849. The number of aromatic nitrogens is 1. The highest BCUT2D eigenvalue weighted by Crippen LogP contribution is 2.38. The Balaban J connectivity index is 1.80. The number of nitrogens with one attached hydrogen (secondary N) is 1. The molecule has 0 saturated carbocycles. The highest BCUT2D eigenvalue weighted by molar-refractivity contribution is 7.11. The van der Waals surface area contributed by atoms with Gasteiger partial charge in [-0.25, -0.2) is 4.98 Å². The molecule has 2 aromatic rings. The van der Waals surface area contributed by atoms with Gasteiger partial charge in [-0.2, -0.15) is 0 Å². The minimum Gasteiger partial charge on any atom is -0.486 e. The molecule has 0 radical (unpaired) electrons. The second kappa shape index (κ2) is 5.81. The molecule has 0 bridgehead atoms. The summed E-state index contributed by atoms with van der Waals surface area (Å²) in [6, 6.07) is 3.80. The minimum atomic E-state index is 0.0974. The van der Waals surface area contributed by atoms with Gasteiger partial charge in [-0.15, -0.1) is 11.3 Å². The highest BCUT2D eigenvalue weighted by Gasteiger charge is 2.17. The monoisotopic (exact) mass is 305 g/mol. The second-order valence-electron chi connectivity index (χ2n) is 4.97. The van der Waals surface area contributed by atoms with Gasteiger partial charge in [0.25, 0.3) is 0 Å². The van der Waals surface area contributed by atoms with Gasteiger partial charge in [0.2, 0.25) is 0 Å². The van der Waals surface area contributed by atoms with Crippen LogP contribution in [-0.2, 0) is 6.42 Å². The number of thiazole rings is 1. The highest BCUT2D eigenvalue weighted by atomic mass is 32.1. The molecule has 3 N–H and O–H groups in total. The largest absolute Gasteiger partial charge is 0.486 e. The van der Waals surface area contributed by atoms with Gasteiger partial charge in [-0.05, 0) is 13.3 Å². The van der Waals surface area contributed by atoms with Crippen LogP contribution in [0, 0.1) is 0 Å². The van der Waals surface area contributed by atoms with E-state index in [2.05, 4.69) is 24.1 Å². The van der Waals surface area contributed by atoms with Crippen LogP contribution in [0.15, 0.2) is 18.3 Å². The number of benzene rings is 1. The summed E-state index contributed by atoms with van der Waals surface area (Å²) in [5, 5.41) is 4.46. The van der Waals surface area contributed by atoms with Crippen molar-refractivity contribution in [2.24, 2.45) is 0 Å². The van der Waals surface area contributed by atoms with Gasteiger partial charge in [-0.3, -0.25) is 0 Å². The molecule has 1 aliphatic rings. The fraction of sp³-hybridized carbons (Fsp3) is 0.400. The number of hydrogen-bond acceptors (Lipinski definition) is 6. The number of ether oxygens (including phenoxy) is 2. The maximum absolute atomic E-state index is 6.09. The Morgan fingerprint density at radius 2 is 2.05 bits per heavy atom. The van der Waals surface area contributed by atoms with Gasteiger partial charge in [0, 0.05) is 23.2 Å². The van der Waals surface area contributed by atoms with E-state index < -0.39 is 0 Å². The molecule has 0 saturated heterocycles. The lowest BCUT2D eigenvalue weighted by Gasteiger charge is -2.21. The van der Waals surface area contributed by atoms with E-state index in [9.17, 15) is 0 Å². The van der Waals surface area contributed by atoms with Crippen molar-refractivity contribution in [1.82, 2.24) is 4.98 Å². The third-order valence-corrected chi connectivity index (χ3v) is 4.70. The van der Waals surface area contributed by atoms with Crippen molar-refractivity contribution in [3.8, 4) is 11.5 Å². The molecule has 3 rings (SSSR count). The second-order valence-corrected chi connectivity index (χ2v) is 6.11. The molecular formula is C15H19N3O2S. The molecule has 1 aliphatic heterocycles. The summed E-state index contributed by atoms with van der Waals surface area (Å²) in [5.74, 6) is 1.44. The van der Waals surface area contributed by atoms with Crippen LogP contribution in [-0.4, -0.2) is 18.2 Å². The van der Waals surface area contributed by atoms with Gasteiger partial charge in [0.15, 0.2) is 11.5 Å². The SMILES string of the molecule is CCc1cnc(C(C)Nc2cc3c(cc2N)OCCO3)s1. The van der Waals surface area contributed by atoms with Crippen LogP contribution in [0.3, 0.4) is 0 Å². The maximum atomic E-state index is 6.09. The summed E-state index contributed by atoms with van der Waals surface area (Å²) >= 11 is 1.72. The zero-order valence-corrected chi connectivity index (χ0v) is 13.0. The van der Waals surface area contributed by atoms with Crippen molar-refractivity contribution < 1.29 is 9.47 Å². The first-order valence-electron chi connectivity index (χ1n) is 7.07. The molecule has 112 valence electrons. The number of nitrogens with two attached hydrogens (primary N) is 1. The van der Waals surface area contributed by atoms with Crippen molar-refractivity contribution in [3.63, 3.8) is 0 Å². The van der Waals surface area contributed by atoms with E-state index >= 15 is 0 Å². The van der Waals surface area contributed by atoms with Crippen LogP contribution in [0.5, 0.6) is 11.5 Å². The standard InChI is InChI=1S/C15H19N3O2S/c1-3-10-8-17-15(21-10)9(2)18-12-7-14-13(6-11(12)16)19-4-5-20-14/h6-9,18H,3-5,16H2,1-2H3. The van der Waals surface area contributed by atoms with E-state index in [0.29, 0.717) is 24.7 Å². The summed E-state index contributed by atoms with van der Waals surface area (Å²) < 4.78 is 11.1. The molecule has 0 aliphatic carbocycles. The molecule has 1 unspecified atom stereocenters. The van der Waals surface area contributed by atoms with Crippen LogP contribution in [0.2, 0.25) is 0 Å². The molecule has 1 aromatic carbocycles. The number of nitrogen functional groups attached to an aromatic ring is 1. The average molecular weight is 305 g/mol. The Bertz CT molecular complexity index is 642. The third-order valence-electron chi connectivity index (χ3n) is 3.38. The third kappa shape index (κ3) is 2.90. The van der Waals surface area contributed by atoms with Gasteiger partial charge >= 0.3 is 0 Å². The Kier molecular flexibility index (Phi) is 3.88. The Labute approximate surface area is 128 Å². The summed E-state index contributed by atoms with van der Waals surface area (Å²) in [6.45, 7) is 5.34. The van der Waals surface area contributed by atoms with Gasteiger partial charge in [0.1, 0.15) is 18.2 Å². The molecule has 21 heavy (non-hydrogen) atoms. The lowest BCUT2D eigenvalue weighted by Crippen LogP contribution is -2.16. The Hall–Kier alpha value is -1.95. The van der Waals surface area contributed by atoms with Crippen LogP contribution in [0.4, 0.5) is 11.4 Å². The van der Waals surface area contributed by atoms with Crippen LogP contribution < -0.4 is 20.5 Å². The van der Waals surface area contributed by atoms with E-state index in [-0.39, 0.29) is 6.04 Å². The summed E-state index contributed by atoms with van der Waals surface area (Å²) in [4.78, 5) is 5.75. The lowest BCUT2D eigenvalue weighted by atomic mass is 10.2. The molecule has 0 amide bonds. The van der Waals surface area contributed by atoms with Gasteiger partial charge < -0.3 is 20.5 Å². The number of hydrogen-bond donors (Lipinski definition) is 2. The number of rotatable bonds is 4. The van der Waals surface area contributed by atoms with E-state index in [0.717, 1.165) is 22.9 Å². The Morgan fingerprint density at radius 1 is 1.33 bits per heavy atom. The van der Waals surface area contributed by atoms with E-state index in [1.807, 2.05) is 18.3 Å². The number of fused-ring (bicyclic) bond motifs is 1. The maximum Gasteiger partial charge on any atom is 0.163 e. The molecular weight excluding hydrogens is 286 g/mol. The lowest BCUT2D eigenvalue weighted by molar-refractivity contribution is 0.172. The number of anilines is 2. The molecule has 1 atom stereocenters. The zero-order valence-electron chi connectivity index (χ0n) is 12.2. The predicted molar refractivity (Wildman–Crippen MR) is 85.4 cm³/mol. The topological polar surface area (TPSA) is 69.4 Å². The van der Waals surface area contributed by atoms with Crippen LogP contribution in [0.25, 0.3) is 0 Å². The van der Waals surface area contributed by atoms with Crippen molar-refractivity contribution in [2.75, 3.05) is 24.3 Å². The summed E-state index contributed by atoms with van der Waals surface area (Å²) in [5.41, 5.74) is 7.59. The minimum absolute atomic E-state index is 0.0974. The fourth-order valence-electron chi connectivity index (χ4n) is 2.21. The molecule has 2 heterocycles. The molecule has 0 fully saturated rings. The van der Waals surface area contributed by atoms with Crippen LogP contribution in [0.1, 0.15) is 29.8 Å². The summed E-state index contributed by atoms with van der Waals surface area (Å²) in [6.07, 6.45) is 2.95. The predicted octanol–water partition coefficient (Wildman–Crippen LogP) is 3.23. The molecule has 0 spiro atoms. The first-order valence-corrected chi connectivity index (χ1v) is 7.89. The zero-order chi connectivity index (χ0) is 14.8. The van der Waals surface area contributed by atoms with Gasteiger partial charge in [0.05, 0.1) is 17.4 Å². The van der Waals surface area contributed by atoms with Crippen molar-refractivity contribution >= 4 is 22.7 Å². The smallest absolute Gasteiger partial charge is 0.163 e. The van der Waals surface area contributed by atoms with Gasteiger partial charge in [-0.1, -0.05) is 6.92 Å².